The van der Waals surface area contributed by atoms with E-state index in [9.17, 15) is 0 Å². The Kier molecular flexibility index (Phi) is 14.7. The van der Waals surface area contributed by atoms with Gasteiger partial charge in [-0.25, -0.2) is 0 Å². The van der Waals surface area contributed by atoms with Crippen LogP contribution in [0, 0.1) is 5.92 Å². The Bertz CT molecular complexity index is 555. The van der Waals surface area contributed by atoms with Gasteiger partial charge in [0.15, 0.2) is 0 Å². The van der Waals surface area contributed by atoms with Crippen LogP contribution in [-0.2, 0) is 24.4 Å². The maximum atomic E-state index is 6.12. The van der Waals surface area contributed by atoms with Gasteiger partial charge in [-0.05, 0) is 45.6 Å². The fraction of sp³-hybridized carbons (Fsp3) is 0.760. The second-order valence-corrected chi connectivity index (χ2v) is 10.2. The Balaban J connectivity index is 2.88. The third-order valence-corrected chi connectivity index (χ3v) is 6.16. The number of rotatable bonds is 17. The van der Waals surface area contributed by atoms with E-state index in [4.69, 9.17) is 49.0 Å². The Labute approximate surface area is 205 Å². The SMILES string of the molecule is CCCCCCCCC(CCc1ccc(C(Cl)(Cl)Cl)cc1)C(OCC)(OCC)OCC. The summed E-state index contributed by atoms with van der Waals surface area (Å²) < 4.78 is 17.0. The molecule has 1 aromatic carbocycles. The number of halogens is 3. The number of unbranched alkanes of at least 4 members (excludes halogenated alkanes) is 5. The van der Waals surface area contributed by atoms with E-state index in [2.05, 4.69) is 6.92 Å². The standard InChI is InChI=1S/C25H41Cl3O3/c1-5-9-10-11-12-13-14-23(25(29-6-2,30-7-3)31-8-4)20-17-21-15-18-22(19-16-21)24(26,27)28/h15-16,18-19,23H,5-14,17,20H2,1-4H3. The van der Waals surface area contributed by atoms with E-state index in [1.807, 2.05) is 45.0 Å². The molecule has 0 fully saturated rings. The first kappa shape index (κ1) is 29.0. The molecule has 3 nitrogen and oxygen atoms in total. The monoisotopic (exact) mass is 494 g/mol. The molecule has 0 saturated carbocycles. The third kappa shape index (κ3) is 10.6. The second kappa shape index (κ2) is 15.7. The fourth-order valence-electron chi connectivity index (χ4n) is 3.95. The lowest BCUT2D eigenvalue weighted by Crippen LogP contribution is -2.47. The van der Waals surface area contributed by atoms with E-state index < -0.39 is 9.77 Å². The topological polar surface area (TPSA) is 27.7 Å². The minimum atomic E-state index is -1.40. The van der Waals surface area contributed by atoms with Crippen molar-refractivity contribution in [3.05, 3.63) is 35.4 Å². The van der Waals surface area contributed by atoms with E-state index in [1.165, 1.54) is 37.7 Å². The number of hydrogen-bond donors (Lipinski definition) is 0. The van der Waals surface area contributed by atoms with Crippen LogP contribution < -0.4 is 0 Å². The van der Waals surface area contributed by atoms with Crippen LogP contribution in [0.5, 0.6) is 0 Å². The average molecular weight is 496 g/mol. The van der Waals surface area contributed by atoms with Crippen molar-refractivity contribution < 1.29 is 14.2 Å². The molecule has 0 spiro atoms. The summed E-state index contributed by atoms with van der Waals surface area (Å²) in [6, 6.07) is 7.82. The summed E-state index contributed by atoms with van der Waals surface area (Å²) in [6.07, 6.45) is 10.4. The van der Waals surface area contributed by atoms with Crippen molar-refractivity contribution in [2.24, 2.45) is 5.92 Å². The lowest BCUT2D eigenvalue weighted by molar-refractivity contribution is -0.403. The molecular formula is C25H41Cl3O3. The molecule has 0 aliphatic carbocycles. The van der Waals surface area contributed by atoms with Crippen molar-refractivity contribution >= 4 is 34.8 Å². The van der Waals surface area contributed by atoms with Gasteiger partial charge in [0.05, 0.1) is 0 Å². The van der Waals surface area contributed by atoms with Crippen molar-refractivity contribution in [1.29, 1.82) is 0 Å². The van der Waals surface area contributed by atoms with Gasteiger partial charge in [0.1, 0.15) is 0 Å². The molecular weight excluding hydrogens is 455 g/mol. The van der Waals surface area contributed by atoms with E-state index in [-0.39, 0.29) is 5.92 Å². The molecule has 0 N–H and O–H groups in total. The van der Waals surface area contributed by atoms with Crippen molar-refractivity contribution in [3.8, 4) is 0 Å². The van der Waals surface area contributed by atoms with Gasteiger partial charge >= 0.3 is 0 Å². The van der Waals surface area contributed by atoms with Gasteiger partial charge in [-0.2, -0.15) is 0 Å². The smallest absolute Gasteiger partial charge is 0.285 e. The molecule has 0 saturated heterocycles. The second-order valence-electron chi connectivity index (χ2n) is 7.89. The largest absolute Gasteiger partial charge is 0.328 e. The quantitative estimate of drug-likeness (QED) is 0.123. The van der Waals surface area contributed by atoms with Crippen LogP contribution in [0.1, 0.15) is 90.2 Å². The first-order chi connectivity index (χ1) is 14.8. The van der Waals surface area contributed by atoms with Crippen molar-refractivity contribution in [1.82, 2.24) is 0 Å². The van der Waals surface area contributed by atoms with Crippen LogP contribution in [0.3, 0.4) is 0 Å². The summed E-state index contributed by atoms with van der Waals surface area (Å²) in [5.41, 5.74) is 1.88. The van der Waals surface area contributed by atoms with Crippen molar-refractivity contribution in [2.75, 3.05) is 19.8 Å². The molecule has 1 aromatic rings. The van der Waals surface area contributed by atoms with Gasteiger partial charge < -0.3 is 14.2 Å². The summed E-state index contributed by atoms with van der Waals surface area (Å²) in [4.78, 5) is 0. The van der Waals surface area contributed by atoms with Crippen LogP contribution in [0.4, 0.5) is 0 Å². The number of aryl methyl sites for hydroxylation is 1. The molecule has 6 heteroatoms. The highest BCUT2D eigenvalue weighted by molar-refractivity contribution is 6.66. The van der Waals surface area contributed by atoms with Gasteiger partial charge in [0.25, 0.3) is 5.97 Å². The summed E-state index contributed by atoms with van der Waals surface area (Å²) in [5.74, 6) is -0.842. The zero-order chi connectivity index (χ0) is 23.2. The molecule has 1 rings (SSSR count). The fourth-order valence-corrected chi connectivity index (χ4v) is 4.33. The van der Waals surface area contributed by atoms with Crippen LogP contribution in [0.25, 0.3) is 0 Å². The van der Waals surface area contributed by atoms with Gasteiger partial charge in [-0.3, -0.25) is 0 Å². The Hall–Kier alpha value is -0.0300. The van der Waals surface area contributed by atoms with Crippen LogP contribution in [0.2, 0.25) is 0 Å². The van der Waals surface area contributed by atoms with Crippen molar-refractivity contribution in [2.45, 2.75) is 95.2 Å². The first-order valence-electron chi connectivity index (χ1n) is 11.9. The minimum Gasteiger partial charge on any atom is -0.328 e. The zero-order valence-electron chi connectivity index (χ0n) is 19.7. The van der Waals surface area contributed by atoms with Crippen LogP contribution in [0.15, 0.2) is 24.3 Å². The predicted molar refractivity (Wildman–Crippen MR) is 133 cm³/mol. The molecule has 0 bridgehead atoms. The lowest BCUT2D eigenvalue weighted by atomic mass is 9.91. The van der Waals surface area contributed by atoms with Crippen molar-refractivity contribution in [3.63, 3.8) is 0 Å². The van der Waals surface area contributed by atoms with E-state index >= 15 is 0 Å². The molecule has 0 aliphatic rings. The number of benzene rings is 1. The summed E-state index contributed by atoms with van der Waals surface area (Å²) in [7, 11) is 0. The maximum absolute atomic E-state index is 6.12. The highest BCUT2D eigenvalue weighted by atomic mass is 35.6. The zero-order valence-corrected chi connectivity index (χ0v) is 22.0. The first-order valence-corrected chi connectivity index (χ1v) is 13.0. The molecule has 0 heterocycles. The number of alkyl halides is 3. The lowest BCUT2D eigenvalue weighted by Gasteiger charge is -2.39. The molecule has 0 radical (unpaired) electrons. The summed E-state index contributed by atoms with van der Waals surface area (Å²) >= 11 is 18.0. The molecule has 0 amide bonds. The van der Waals surface area contributed by atoms with Gasteiger partial charge in [-0.15, -0.1) is 0 Å². The Morgan fingerprint density at radius 1 is 0.710 bits per heavy atom. The third-order valence-electron chi connectivity index (χ3n) is 5.51. The minimum absolute atomic E-state index is 0.145. The maximum Gasteiger partial charge on any atom is 0.285 e. The molecule has 180 valence electrons. The predicted octanol–water partition coefficient (Wildman–Crippen LogP) is 8.58. The van der Waals surface area contributed by atoms with Crippen LogP contribution in [-0.4, -0.2) is 25.8 Å². The van der Waals surface area contributed by atoms with Gasteiger partial charge in [0, 0.05) is 31.3 Å². The molecule has 1 atom stereocenters. The van der Waals surface area contributed by atoms with Gasteiger partial charge in [0.2, 0.25) is 3.79 Å². The highest BCUT2D eigenvalue weighted by Gasteiger charge is 2.41. The van der Waals surface area contributed by atoms with Crippen LogP contribution >= 0.6 is 34.8 Å². The van der Waals surface area contributed by atoms with E-state index in [1.54, 1.807) is 0 Å². The highest BCUT2D eigenvalue weighted by Crippen LogP contribution is 2.38. The van der Waals surface area contributed by atoms with E-state index in [0.717, 1.165) is 25.7 Å². The Morgan fingerprint density at radius 2 is 1.23 bits per heavy atom. The summed E-state index contributed by atoms with van der Waals surface area (Å²) in [5, 5.41) is 0. The molecule has 1 unspecified atom stereocenters. The average Bonchev–Trinajstić information content (AvgIpc) is 2.73. The number of ether oxygens (including phenoxy) is 3. The molecule has 31 heavy (non-hydrogen) atoms. The molecule has 0 aromatic heterocycles. The van der Waals surface area contributed by atoms with E-state index in [0.29, 0.717) is 25.4 Å². The number of hydrogen-bond acceptors (Lipinski definition) is 3. The summed E-state index contributed by atoms with van der Waals surface area (Å²) in [6.45, 7) is 9.86. The van der Waals surface area contributed by atoms with Gasteiger partial charge in [-0.1, -0.05) is 105 Å². The Morgan fingerprint density at radius 3 is 1.71 bits per heavy atom. The molecule has 0 aliphatic heterocycles. The normalized spacial score (nSPS) is 13.5.